The van der Waals surface area contributed by atoms with Crippen LogP contribution in [0.1, 0.15) is 22.4 Å². The molecule has 8 nitrogen and oxygen atoms in total. The molecule has 0 radical (unpaired) electrons. The maximum Gasteiger partial charge on any atom is 0.416 e. The SMILES string of the molecule is NC(=O)/C(=C/c1ccnc(-c2cc(C(F)(F)F)cc(C(F)(F)F)c2)n1)c1cccc(S(=O)(=O)N2CCOCC2)c1. The van der Waals surface area contributed by atoms with Gasteiger partial charge in [-0.25, -0.2) is 18.4 Å². The highest BCUT2D eigenvalue weighted by Crippen LogP contribution is 2.38. The first-order valence-corrected chi connectivity index (χ1v) is 12.9. The van der Waals surface area contributed by atoms with E-state index in [2.05, 4.69) is 9.97 Å². The molecule has 1 aromatic heterocycles. The van der Waals surface area contributed by atoms with Crippen molar-refractivity contribution in [3.8, 4) is 11.4 Å². The maximum atomic E-state index is 13.3. The van der Waals surface area contributed by atoms with Crippen LogP contribution >= 0.6 is 0 Å². The van der Waals surface area contributed by atoms with Gasteiger partial charge < -0.3 is 10.5 Å². The van der Waals surface area contributed by atoms with Crippen LogP contribution in [0.3, 0.4) is 0 Å². The molecule has 212 valence electrons. The Morgan fingerprint density at radius 3 is 2.15 bits per heavy atom. The first-order chi connectivity index (χ1) is 18.7. The van der Waals surface area contributed by atoms with Gasteiger partial charge >= 0.3 is 12.4 Å². The molecule has 0 spiro atoms. The first kappa shape index (κ1) is 29.2. The van der Waals surface area contributed by atoms with E-state index in [0.29, 0.717) is 12.1 Å². The van der Waals surface area contributed by atoms with E-state index in [1.165, 1.54) is 34.6 Å². The lowest BCUT2D eigenvalue weighted by Crippen LogP contribution is -2.40. The third-order valence-corrected chi connectivity index (χ3v) is 7.73. The zero-order valence-corrected chi connectivity index (χ0v) is 21.1. The van der Waals surface area contributed by atoms with Gasteiger partial charge in [-0.15, -0.1) is 0 Å². The van der Waals surface area contributed by atoms with Crippen LogP contribution < -0.4 is 5.73 Å². The van der Waals surface area contributed by atoms with Crippen molar-refractivity contribution in [2.24, 2.45) is 5.73 Å². The average Bonchev–Trinajstić information content (AvgIpc) is 2.91. The maximum absolute atomic E-state index is 13.3. The smallest absolute Gasteiger partial charge is 0.379 e. The number of ether oxygens (including phenoxy) is 1. The van der Waals surface area contributed by atoms with Gasteiger partial charge in [0.25, 0.3) is 0 Å². The van der Waals surface area contributed by atoms with E-state index < -0.39 is 50.8 Å². The summed E-state index contributed by atoms with van der Waals surface area (Å²) in [6, 6.07) is 7.56. The number of amides is 1. The molecule has 15 heteroatoms. The van der Waals surface area contributed by atoms with Gasteiger partial charge in [0, 0.05) is 30.4 Å². The molecular weight excluding hydrogens is 566 g/mol. The predicted octanol–water partition coefficient (Wildman–Crippen LogP) is 4.23. The zero-order valence-electron chi connectivity index (χ0n) is 20.3. The van der Waals surface area contributed by atoms with Crippen molar-refractivity contribution < 1.29 is 44.3 Å². The first-order valence-electron chi connectivity index (χ1n) is 11.5. The van der Waals surface area contributed by atoms with E-state index in [4.69, 9.17) is 10.5 Å². The number of primary amides is 1. The van der Waals surface area contributed by atoms with Crippen LogP contribution in [0.15, 0.2) is 59.6 Å². The molecule has 2 aromatic carbocycles. The molecule has 1 amide bonds. The number of sulfonamides is 1. The average molecular weight is 587 g/mol. The number of rotatable bonds is 6. The summed E-state index contributed by atoms with van der Waals surface area (Å²) in [7, 11) is -3.93. The molecule has 1 fully saturated rings. The summed E-state index contributed by atoms with van der Waals surface area (Å²) in [4.78, 5) is 20.0. The van der Waals surface area contributed by atoms with E-state index in [-0.39, 0.29) is 54.1 Å². The van der Waals surface area contributed by atoms with Gasteiger partial charge in [-0.05, 0) is 48.0 Å². The second-order valence-corrected chi connectivity index (χ2v) is 10.5. The van der Waals surface area contributed by atoms with E-state index in [1.807, 2.05) is 0 Å². The Labute approximate surface area is 224 Å². The number of carbonyl (C=O) groups is 1. The molecule has 1 saturated heterocycles. The minimum Gasteiger partial charge on any atom is -0.379 e. The number of nitrogens with two attached hydrogens (primary N) is 1. The Bertz CT molecular complexity index is 1530. The molecule has 40 heavy (non-hydrogen) atoms. The number of nitrogens with zero attached hydrogens (tertiary/aromatic N) is 3. The van der Waals surface area contributed by atoms with Gasteiger partial charge in [-0.3, -0.25) is 4.79 Å². The summed E-state index contributed by atoms with van der Waals surface area (Å²) in [5, 5.41) is 0. The van der Waals surface area contributed by atoms with Crippen molar-refractivity contribution in [3.05, 3.63) is 77.1 Å². The van der Waals surface area contributed by atoms with Crippen LogP contribution in [0.4, 0.5) is 26.3 Å². The number of hydrogen-bond acceptors (Lipinski definition) is 6. The fourth-order valence-electron chi connectivity index (χ4n) is 3.88. The lowest BCUT2D eigenvalue weighted by atomic mass is 10.0. The van der Waals surface area contributed by atoms with Gasteiger partial charge in [0.15, 0.2) is 5.82 Å². The molecule has 4 rings (SSSR count). The zero-order chi connectivity index (χ0) is 29.3. The third kappa shape index (κ3) is 6.48. The highest BCUT2D eigenvalue weighted by molar-refractivity contribution is 7.89. The van der Waals surface area contributed by atoms with E-state index in [9.17, 15) is 39.6 Å². The highest BCUT2D eigenvalue weighted by atomic mass is 32.2. The van der Waals surface area contributed by atoms with Gasteiger partial charge in [-0.1, -0.05) is 12.1 Å². The fourth-order valence-corrected chi connectivity index (χ4v) is 5.34. The summed E-state index contributed by atoms with van der Waals surface area (Å²) in [6.45, 7) is 0.719. The van der Waals surface area contributed by atoms with Gasteiger partial charge in [0.05, 0.1) is 34.9 Å². The topological polar surface area (TPSA) is 115 Å². The van der Waals surface area contributed by atoms with Gasteiger partial charge in [-0.2, -0.15) is 30.6 Å². The summed E-state index contributed by atoms with van der Waals surface area (Å²) in [5.41, 5.74) is 1.70. The monoisotopic (exact) mass is 586 g/mol. The van der Waals surface area contributed by atoms with E-state index in [0.717, 1.165) is 12.3 Å². The lowest BCUT2D eigenvalue weighted by Gasteiger charge is -2.26. The van der Waals surface area contributed by atoms with Crippen molar-refractivity contribution in [1.82, 2.24) is 14.3 Å². The normalized spacial score (nSPS) is 15.7. The summed E-state index contributed by atoms with van der Waals surface area (Å²) in [6.07, 6.45) is -7.93. The Balaban J connectivity index is 1.76. The summed E-state index contributed by atoms with van der Waals surface area (Å²) < 4.78 is 112. The van der Waals surface area contributed by atoms with Crippen LogP contribution in [0.5, 0.6) is 0 Å². The molecular formula is C25H20F6N4O4S. The van der Waals surface area contributed by atoms with Crippen LogP contribution in [0, 0.1) is 0 Å². The number of carbonyl (C=O) groups excluding carboxylic acids is 1. The fraction of sp³-hybridized carbons (Fsp3) is 0.240. The molecule has 0 aliphatic carbocycles. The summed E-state index contributed by atoms with van der Waals surface area (Å²) >= 11 is 0. The number of alkyl halides is 6. The van der Waals surface area contributed by atoms with E-state index in [1.54, 1.807) is 0 Å². The highest BCUT2D eigenvalue weighted by Gasteiger charge is 2.37. The number of hydrogen-bond donors (Lipinski definition) is 1. The van der Waals surface area contributed by atoms with Crippen LogP contribution in [-0.4, -0.2) is 54.9 Å². The Morgan fingerprint density at radius 1 is 0.950 bits per heavy atom. The molecule has 3 aromatic rings. The third-order valence-electron chi connectivity index (χ3n) is 5.83. The molecule has 2 N–H and O–H groups in total. The number of halogens is 6. The summed E-state index contributed by atoms with van der Waals surface area (Å²) in [5.74, 6) is -1.46. The van der Waals surface area contributed by atoms with Crippen molar-refractivity contribution in [2.45, 2.75) is 17.2 Å². The quantitative estimate of drug-likeness (QED) is 0.342. The van der Waals surface area contributed by atoms with Crippen molar-refractivity contribution >= 4 is 27.6 Å². The molecule has 1 aliphatic rings. The molecule has 0 atom stereocenters. The number of morpholine rings is 1. The minimum atomic E-state index is -5.07. The number of benzene rings is 2. The molecule has 0 bridgehead atoms. The molecule has 1 aliphatic heterocycles. The minimum absolute atomic E-state index is 0.0175. The number of aromatic nitrogens is 2. The van der Waals surface area contributed by atoms with Crippen LogP contribution in [0.25, 0.3) is 23.0 Å². The Morgan fingerprint density at radius 2 is 1.57 bits per heavy atom. The van der Waals surface area contributed by atoms with Crippen LogP contribution in [-0.2, 0) is 31.9 Å². The molecule has 2 heterocycles. The molecule has 0 saturated carbocycles. The Hall–Kier alpha value is -3.82. The second-order valence-electron chi connectivity index (χ2n) is 8.57. The van der Waals surface area contributed by atoms with Crippen LogP contribution in [0.2, 0.25) is 0 Å². The van der Waals surface area contributed by atoms with Crippen molar-refractivity contribution in [2.75, 3.05) is 26.3 Å². The van der Waals surface area contributed by atoms with Gasteiger partial charge in [0.1, 0.15) is 0 Å². The van der Waals surface area contributed by atoms with Crippen molar-refractivity contribution in [3.63, 3.8) is 0 Å². The lowest BCUT2D eigenvalue weighted by molar-refractivity contribution is -0.143. The largest absolute Gasteiger partial charge is 0.416 e. The Kier molecular flexibility index (Phi) is 8.01. The predicted molar refractivity (Wildman–Crippen MR) is 131 cm³/mol. The molecule has 0 unspecified atom stereocenters. The van der Waals surface area contributed by atoms with Gasteiger partial charge in [0.2, 0.25) is 15.9 Å². The van der Waals surface area contributed by atoms with E-state index >= 15 is 0 Å². The standard InChI is InChI=1S/C25H20F6N4O4S/c26-24(27,28)17-10-16(11-18(13-17)25(29,30)31)23-33-5-4-19(34-23)14-21(22(32)36)15-2-1-3-20(12-15)40(37,38)35-6-8-39-9-7-35/h1-5,10-14H,6-9H2,(H2,32,36)/b21-14+. The second kappa shape index (κ2) is 11.0. The van der Waals surface area contributed by atoms with Crippen molar-refractivity contribution in [1.29, 1.82) is 0 Å².